The van der Waals surface area contributed by atoms with Crippen molar-refractivity contribution in [1.82, 2.24) is 4.98 Å². The first kappa shape index (κ1) is 9.91. The van der Waals surface area contributed by atoms with Crippen molar-refractivity contribution in [2.45, 2.75) is 6.42 Å². The minimum atomic E-state index is 0.409. The summed E-state index contributed by atoms with van der Waals surface area (Å²) in [5, 5.41) is 9.76. The number of nitrogens with zero attached hydrogens (tertiary/aromatic N) is 2. The molecule has 3 rings (SSSR count). The number of hydrogen-bond donors (Lipinski definition) is 0. The van der Waals surface area contributed by atoms with Gasteiger partial charge < -0.3 is 9.47 Å². The van der Waals surface area contributed by atoms with Crippen molar-refractivity contribution in [3.05, 3.63) is 30.0 Å². The van der Waals surface area contributed by atoms with Gasteiger partial charge in [0.25, 0.3) is 0 Å². The molecule has 0 aliphatic carbocycles. The van der Waals surface area contributed by atoms with E-state index in [1.807, 2.05) is 24.3 Å². The number of ether oxygens (including phenoxy) is 2. The summed E-state index contributed by atoms with van der Waals surface area (Å²) < 4.78 is 11.2. The minimum absolute atomic E-state index is 0.409. The molecule has 0 bridgehead atoms. The summed E-state index contributed by atoms with van der Waals surface area (Å²) in [4.78, 5) is 4.24. The Balaban J connectivity index is 2.19. The third-order valence-corrected chi connectivity index (χ3v) is 2.67. The maximum absolute atomic E-state index is 8.81. The van der Waals surface area contributed by atoms with E-state index in [9.17, 15) is 0 Å². The van der Waals surface area contributed by atoms with Gasteiger partial charge in [0.2, 0.25) is 0 Å². The highest BCUT2D eigenvalue weighted by Crippen LogP contribution is 2.33. The van der Waals surface area contributed by atoms with Crippen molar-refractivity contribution in [1.29, 1.82) is 5.26 Å². The lowest BCUT2D eigenvalue weighted by molar-refractivity contribution is 0.297. The lowest BCUT2D eigenvalue weighted by Crippen LogP contribution is -1.97. The van der Waals surface area contributed by atoms with Crippen LogP contribution in [0.1, 0.15) is 12.1 Å². The first-order valence-corrected chi connectivity index (χ1v) is 5.47. The van der Waals surface area contributed by atoms with Crippen LogP contribution in [0.15, 0.2) is 24.3 Å². The van der Waals surface area contributed by atoms with Crippen molar-refractivity contribution in [3.63, 3.8) is 0 Å². The van der Waals surface area contributed by atoms with Crippen LogP contribution in [0.25, 0.3) is 10.9 Å². The Morgan fingerprint density at radius 2 is 1.88 bits per heavy atom. The Kier molecular flexibility index (Phi) is 2.30. The minimum Gasteiger partial charge on any atom is -0.490 e. The van der Waals surface area contributed by atoms with Gasteiger partial charge in [-0.25, -0.2) is 4.98 Å². The number of nitriles is 1. The SMILES string of the molecule is N#Cc1ccc2cc3c(cc2n1)OCCCO3. The van der Waals surface area contributed by atoms with Gasteiger partial charge in [-0.3, -0.25) is 0 Å². The lowest BCUT2D eigenvalue weighted by Gasteiger charge is -2.08. The molecule has 0 atom stereocenters. The molecule has 1 aromatic carbocycles. The molecule has 2 aromatic rings. The largest absolute Gasteiger partial charge is 0.490 e. The molecule has 0 N–H and O–H groups in total. The van der Waals surface area contributed by atoms with Gasteiger partial charge in [-0.1, -0.05) is 0 Å². The Morgan fingerprint density at radius 3 is 2.65 bits per heavy atom. The van der Waals surface area contributed by atoms with Crippen molar-refractivity contribution >= 4 is 10.9 Å². The number of benzene rings is 1. The molecule has 0 saturated carbocycles. The molecule has 17 heavy (non-hydrogen) atoms. The zero-order valence-electron chi connectivity index (χ0n) is 9.14. The van der Waals surface area contributed by atoms with Gasteiger partial charge in [-0.05, 0) is 18.2 Å². The van der Waals surface area contributed by atoms with E-state index in [-0.39, 0.29) is 0 Å². The number of aromatic nitrogens is 1. The van der Waals surface area contributed by atoms with Crippen LogP contribution in [0.2, 0.25) is 0 Å². The summed E-state index contributed by atoms with van der Waals surface area (Å²) in [6.07, 6.45) is 0.877. The maximum atomic E-state index is 8.81. The average molecular weight is 226 g/mol. The van der Waals surface area contributed by atoms with E-state index in [1.165, 1.54) is 0 Å². The Labute approximate surface area is 98.4 Å². The molecule has 0 spiro atoms. The number of fused-ring (bicyclic) bond motifs is 2. The van der Waals surface area contributed by atoms with Crippen LogP contribution in [0.4, 0.5) is 0 Å². The monoisotopic (exact) mass is 226 g/mol. The summed E-state index contributed by atoms with van der Waals surface area (Å²) in [5.41, 5.74) is 1.17. The topological polar surface area (TPSA) is 55.1 Å². The predicted octanol–water partition coefficient (Wildman–Crippen LogP) is 2.27. The Morgan fingerprint density at radius 1 is 1.12 bits per heavy atom. The molecular formula is C13H10N2O2. The number of hydrogen-bond acceptors (Lipinski definition) is 4. The highest BCUT2D eigenvalue weighted by molar-refractivity contribution is 5.83. The highest BCUT2D eigenvalue weighted by Gasteiger charge is 2.12. The molecule has 0 saturated heterocycles. The molecule has 2 heterocycles. The van der Waals surface area contributed by atoms with Gasteiger partial charge in [0.15, 0.2) is 11.5 Å². The second-order valence-corrected chi connectivity index (χ2v) is 3.85. The van der Waals surface area contributed by atoms with Gasteiger partial charge in [0.1, 0.15) is 11.8 Å². The van der Waals surface area contributed by atoms with E-state index in [2.05, 4.69) is 4.98 Å². The molecule has 1 aliphatic heterocycles. The molecule has 0 fully saturated rings. The maximum Gasteiger partial charge on any atom is 0.163 e. The van der Waals surface area contributed by atoms with E-state index in [1.54, 1.807) is 6.07 Å². The summed E-state index contributed by atoms with van der Waals surface area (Å²) >= 11 is 0. The van der Waals surface area contributed by atoms with Crippen LogP contribution >= 0.6 is 0 Å². The van der Waals surface area contributed by atoms with Crippen molar-refractivity contribution in [2.75, 3.05) is 13.2 Å². The molecule has 84 valence electrons. The summed E-state index contributed by atoms with van der Waals surface area (Å²) in [5.74, 6) is 1.46. The Bertz CT molecular complexity index is 617. The standard InChI is InChI=1S/C13H10N2O2/c14-8-10-3-2-9-6-12-13(7-11(9)15-10)17-5-1-4-16-12/h2-3,6-7H,1,4-5H2. The molecule has 4 heteroatoms. The third-order valence-electron chi connectivity index (χ3n) is 2.67. The van der Waals surface area contributed by atoms with E-state index in [0.717, 1.165) is 23.1 Å². The normalized spacial score (nSPS) is 14.1. The van der Waals surface area contributed by atoms with Crippen molar-refractivity contribution in [3.8, 4) is 17.6 Å². The zero-order valence-corrected chi connectivity index (χ0v) is 9.14. The summed E-state index contributed by atoms with van der Waals surface area (Å²) in [6, 6.07) is 9.34. The van der Waals surface area contributed by atoms with Crippen LogP contribution in [0.3, 0.4) is 0 Å². The predicted molar refractivity (Wildman–Crippen MR) is 62.1 cm³/mol. The highest BCUT2D eigenvalue weighted by atomic mass is 16.5. The van der Waals surface area contributed by atoms with Crippen LogP contribution in [-0.2, 0) is 0 Å². The second-order valence-electron chi connectivity index (χ2n) is 3.85. The van der Waals surface area contributed by atoms with Gasteiger partial charge in [0.05, 0.1) is 18.7 Å². The van der Waals surface area contributed by atoms with Gasteiger partial charge in [-0.2, -0.15) is 5.26 Å². The van der Waals surface area contributed by atoms with Gasteiger partial charge >= 0.3 is 0 Å². The molecule has 0 amide bonds. The first-order valence-electron chi connectivity index (χ1n) is 5.47. The molecule has 0 radical (unpaired) electrons. The third kappa shape index (κ3) is 1.76. The second kappa shape index (κ2) is 3.95. The van der Waals surface area contributed by atoms with Crippen LogP contribution in [0, 0.1) is 11.3 Å². The van der Waals surface area contributed by atoms with Crippen LogP contribution < -0.4 is 9.47 Å². The van der Waals surface area contributed by atoms with E-state index < -0.39 is 0 Å². The average Bonchev–Trinajstić information content (AvgIpc) is 2.60. The Hall–Kier alpha value is -2.28. The van der Waals surface area contributed by atoms with Gasteiger partial charge in [-0.15, -0.1) is 0 Å². The van der Waals surface area contributed by atoms with E-state index in [0.29, 0.717) is 24.7 Å². The van der Waals surface area contributed by atoms with Crippen molar-refractivity contribution < 1.29 is 9.47 Å². The summed E-state index contributed by atoms with van der Waals surface area (Å²) in [6.45, 7) is 1.32. The fraction of sp³-hybridized carbons (Fsp3) is 0.231. The smallest absolute Gasteiger partial charge is 0.163 e. The molecular weight excluding hydrogens is 216 g/mol. The first-order chi connectivity index (χ1) is 8.36. The van der Waals surface area contributed by atoms with Gasteiger partial charge in [0, 0.05) is 17.9 Å². The number of pyridine rings is 1. The van der Waals surface area contributed by atoms with Crippen LogP contribution in [0.5, 0.6) is 11.5 Å². The van der Waals surface area contributed by atoms with E-state index in [4.69, 9.17) is 14.7 Å². The number of rotatable bonds is 0. The van der Waals surface area contributed by atoms with E-state index >= 15 is 0 Å². The zero-order chi connectivity index (χ0) is 11.7. The molecule has 0 unspecified atom stereocenters. The molecule has 4 nitrogen and oxygen atoms in total. The van der Waals surface area contributed by atoms with Crippen molar-refractivity contribution in [2.24, 2.45) is 0 Å². The molecule has 1 aromatic heterocycles. The quantitative estimate of drug-likeness (QED) is 0.691. The molecule has 1 aliphatic rings. The van der Waals surface area contributed by atoms with Crippen LogP contribution in [-0.4, -0.2) is 18.2 Å². The fourth-order valence-electron chi connectivity index (χ4n) is 1.84. The fourth-order valence-corrected chi connectivity index (χ4v) is 1.84. The summed E-state index contributed by atoms with van der Waals surface area (Å²) in [7, 11) is 0. The lowest BCUT2D eigenvalue weighted by atomic mass is 10.2.